The summed E-state index contributed by atoms with van der Waals surface area (Å²) in [7, 11) is 0. The molecule has 88 valence electrons. The summed E-state index contributed by atoms with van der Waals surface area (Å²) in [5, 5.41) is 0. The van der Waals surface area contributed by atoms with Crippen LogP contribution in [0.4, 0.5) is 13.2 Å². The van der Waals surface area contributed by atoms with Crippen molar-refractivity contribution in [3.63, 3.8) is 0 Å². The van der Waals surface area contributed by atoms with Crippen LogP contribution in [0.25, 0.3) is 0 Å². The van der Waals surface area contributed by atoms with Crippen molar-refractivity contribution >= 4 is 5.78 Å². The van der Waals surface area contributed by atoms with E-state index in [0.717, 1.165) is 6.07 Å². The predicted molar refractivity (Wildman–Crippen MR) is 55.6 cm³/mol. The maximum absolute atomic E-state index is 12.7. The Hall–Kier alpha value is -1.32. The van der Waals surface area contributed by atoms with Crippen molar-refractivity contribution in [1.29, 1.82) is 0 Å². The molecule has 0 saturated carbocycles. The number of aryl methyl sites for hydroxylation is 1. The first-order valence-corrected chi connectivity index (χ1v) is 4.99. The molecule has 1 rings (SSSR count). The Balaban J connectivity index is 3.55. The van der Waals surface area contributed by atoms with Crippen molar-refractivity contribution in [3.05, 3.63) is 34.4 Å². The molecule has 0 amide bonds. The minimum absolute atomic E-state index is 0.0885. The van der Waals surface area contributed by atoms with Crippen LogP contribution in [-0.2, 0) is 12.6 Å². The van der Waals surface area contributed by atoms with Crippen LogP contribution in [0.3, 0.4) is 0 Å². The van der Waals surface area contributed by atoms with Crippen LogP contribution in [0.15, 0.2) is 12.1 Å². The third kappa shape index (κ3) is 2.43. The summed E-state index contributed by atoms with van der Waals surface area (Å²) in [5.41, 5.74) is 0.0235. The molecular formula is C12H13F3O. The highest BCUT2D eigenvalue weighted by Gasteiger charge is 2.34. The number of alkyl halides is 3. The molecule has 0 bridgehead atoms. The van der Waals surface area contributed by atoms with Gasteiger partial charge in [0, 0.05) is 5.56 Å². The Morgan fingerprint density at radius 1 is 1.31 bits per heavy atom. The van der Waals surface area contributed by atoms with Gasteiger partial charge in [0.2, 0.25) is 0 Å². The molecule has 0 N–H and O–H groups in total. The number of carbonyl (C=O) groups excluding carboxylic acids is 1. The molecule has 0 atom stereocenters. The SMILES string of the molecule is CCc1c(C(C)=O)cc(C)cc1C(F)(F)F. The summed E-state index contributed by atoms with van der Waals surface area (Å²) >= 11 is 0. The minimum atomic E-state index is -4.40. The summed E-state index contributed by atoms with van der Waals surface area (Å²) in [5.74, 6) is -0.328. The van der Waals surface area contributed by atoms with E-state index in [1.807, 2.05) is 0 Å². The van der Waals surface area contributed by atoms with Gasteiger partial charge in [-0.05, 0) is 43.5 Å². The maximum atomic E-state index is 12.7. The zero-order valence-corrected chi connectivity index (χ0v) is 9.40. The molecule has 0 fully saturated rings. The summed E-state index contributed by atoms with van der Waals surface area (Å²) < 4.78 is 38.2. The standard InChI is InChI=1S/C12H13F3O/c1-4-9-10(8(3)16)5-7(2)6-11(9)12(13,14)15/h5-6H,4H2,1-3H3. The van der Waals surface area contributed by atoms with Crippen LogP contribution in [0, 0.1) is 6.92 Å². The van der Waals surface area contributed by atoms with Crippen molar-refractivity contribution in [2.75, 3.05) is 0 Å². The fraction of sp³-hybridized carbons (Fsp3) is 0.417. The third-order valence-corrected chi connectivity index (χ3v) is 2.43. The van der Waals surface area contributed by atoms with Gasteiger partial charge in [-0.1, -0.05) is 6.92 Å². The summed E-state index contributed by atoms with van der Waals surface area (Å²) in [4.78, 5) is 11.3. The zero-order valence-electron chi connectivity index (χ0n) is 9.40. The second-order valence-corrected chi connectivity index (χ2v) is 3.75. The second-order valence-electron chi connectivity index (χ2n) is 3.75. The van der Waals surface area contributed by atoms with E-state index >= 15 is 0 Å². The van der Waals surface area contributed by atoms with E-state index < -0.39 is 11.7 Å². The number of benzene rings is 1. The molecule has 0 spiro atoms. The Morgan fingerprint density at radius 2 is 1.88 bits per heavy atom. The molecular weight excluding hydrogens is 217 g/mol. The molecule has 1 nitrogen and oxygen atoms in total. The number of rotatable bonds is 2. The zero-order chi connectivity index (χ0) is 12.5. The van der Waals surface area contributed by atoms with Crippen LogP contribution >= 0.6 is 0 Å². The van der Waals surface area contributed by atoms with Crippen LogP contribution in [0.5, 0.6) is 0 Å². The monoisotopic (exact) mass is 230 g/mol. The molecule has 0 saturated heterocycles. The van der Waals surface area contributed by atoms with Crippen LogP contribution in [0.2, 0.25) is 0 Å². The average molecular weight is 230 g/mol. The fourth-order valence-corrected chi connectivity index (χ4v) is 1.76. The Bertz CT molecular complexity index is 419. The quantitative estimate of drug-likeness (QED) is 0.706. The van der Waals surface area contributed by atoms with Gasteiger partial charge in [0.05, 0.1) is 5.56 Å². The predicted octanol–water partition coefficient (Wildman–Crippen LogP) is 3.78. The molecule has 0 aliphatic rings. The van der Waals surface area contributed by atoms with Gasteiger partial charge in [0.15, 0.2) is 5.78 Å². The summed E-state index contributed by atoms with van der Waals surface area (Å²) in [6, 6.07) is 2.60. The third-order valence-electron chi connectivity index (χ3n) is 2.43. The largest absolute Gasteiger partial charge is 0.416 e. The molecule has 0 aliphatic carbocycles. The van der Waals surface area contributed by atoms with Gasteiger partial charge in [0.1, 0.15) is 0 Å². The molecule has 4 heteroatoms. The highest BCUT2D eigenvalue weighted by molar-refractivity contribution is 5.96. The van der Waals surface area contributed by atoms with Crippen LogP contribution in [-0.4, -0.2) is 5.78 Å². The number of halogens is 3. The lowest BCUT2D eigenvalue weighted by Crippen LogP contribution is -2.13. The van der Waals surface area contributed by atoms with E-state index in [4.69, 9.17) is 0 Å². The highest BCUT2D eigenvalue weighted by Crippen LogP contribution is 2.34. The summed E-state index contributed by atoms with van der Waals surface area (Å²) in [6.07, 6.45) is -4.20. The van der Waals surface area contributed by atoms with Gasteiger partial charge in [0.25, 0.3) is 0 Å². The lowest BCUT2D eigenvalue weighted by Gasteiger charge is -2.15. The second kappa shape index (κ2) is 4.28. The molecule has 1 aromatic carbocycles. The average Bonchev–Trinajstić information content (AvgIpc) is 2.14. The Kier molecular flexibility index (Phi) is 3.41. The van der Waals surface area contributed by atoms with Crippen LogP contribution < -0.4 is 0 Å². The van der Waals surface area contributed by atoms with Gasteiger partial charge in [-0.2, -0.15) is 13.2 Å². The maximum Gasteiger partial charge on any atom is 0.416 e. The molecule has 0 radical (unpaired) electrons. The van der Waals surface area contributed by atoms with Gasteiger partial charge in [-0.25, -0.2) is 0 Å². The molecule has 0 aliphatic heterocycles. The lowest BCUT2D eigenvalue weighted by atomic mass is 9.94. The first-order valence-electron chi connectivity index (χ1n) is 4.99. The van der Waals surface area contributed by atoms with Crippen molar-refractivity contribution in [1.82, 2.24) is 0 Å². The molecule has 0 unspecified atom stereocenters. The van der Waals surface area contributed by atoms with E-state index in [-0.39, 0.29) is 23.3 Å². The van der Waals surface area contributed by atoms with Gasteiger partial charge < -0.3 is 0 Å². The van der Waals surface area contributed by atoms with E-state index in [1.165, 1.54) is 13.0 Å². The first kappa shape index (κ1) is 12.7. The highest BCUT2D eigenvalue weighted by atomic mass is 19.4. The number of carbonyl (C=O) groups is 1. The smallest absolute Gasteiger partial charge is 0.295 e. The molecule has 1 aromatic rings. The van der Waals surface area contributed by atoms with Gasteiger partial charge >= 0.3 is 6.18 Å². The Morgan fingerprint density at radius 3 is 2.25 bits per heavy atom. The first-order chi connectivity index (χ1) is 7.27. The van der Waals surface area contributed by atoms with Crippen LogP contribution in [0.1, 0.15) is 40.9 Å². The van der Waals surface area contributed by atoms with Crippen molar-refractivity contribution in [3.8, 4) is 0 Å². The molecule has 0 aromatic heterocycles. The minimum Gasteiger partial charge on any atom is -0.295 e. The van der Waals surface area contributed by atoms with E-state index in [0.29, 0.717) is 5.56 Å². The Labute approximate surface area is 92.3 Å². The number of hydrogen-bond donors (Lipinski definition) is 0. The van der Waals surface area contributed by atoms with Gasteiger partial charge in [-0.3, -0.25) is 4.79 Å². The lowest BCUT2D eigenvalue weighted by molar-refractivity contribution is -0.138. The fourth-order valence-electron chi connectivity index (χ4n) is 1.76. The number of ketones is 1. The van der Waals surface area contributed by atoms with Gasteiger partial charge in [-0.15, -0.1) is 0 Å². The van der Waals surface area contributed by atoms with Crippen molar-refractivity contribution < 1.29 is 18.0 Å². The van der Waals surface area contributed by atoms with Crippen molar-refractivity contribution in [2.45, 2.75) is 33.4 Å². The summed E-state index contributed by atoms with van der Waals surface area (Å²) in [6.45, 7) is 4.46. The number of Topliss-reactive ketones (excluding diaryl/α,β-unsaturated/α-hetero) is 1. The molecule has 0 heterocycles. The van der Waals surface area contributed by atoms with E-state index in [9.17, 15) is 18.0 Å². The normalized spacial score (nSPS) is 11.6. The van der Waals surface area contributed by atoms with Crippen molar-refractivity contribution in [2.24, 2.45) is 0 Å². The molecule has 16 heavy (non-hydrogen) atoms. The number of hydrogen-bond acceptors (Lipinski definition) is 1. The van der Waals surface area contributed by atoms with E-state index in [2.05, 4.69) is 0 Å². The topological polar surface area (TPSA) is 17.1 Å². The van der Waals surface area contributed by atoms with E-state index in [1.54, 1.807) is 13.8 Å².